The lowest BCUT2D eigenvalue weighted by Crippen LogP contribution is -2.55. The number of hydrogen-bond donors (Lipinski definition) is 2. The number of carboxylic acid groups (broad SMARTS) is 1. The largest absolute Gasteiger partial charge is 0.480 e. The second kappa shape index (κ2) is 4.31. The van der Waals surface area contributed by atoms with Crippen molar-refractivity contribution >= 4 is 11.7 Å². The van der Waals surface area contributed by atoms with E-state index in [0.717, 1.165) is 18.8 Å². The van der Waals surface area contributed by atoms with E-state index in [-0.39, 0.29) is 0 Å². The third kappa shape index (κ3) is 2.10. The number of nitrogens with one attached hydrogen (secondary N) is 1. The van der Waals surface area contributed by atoms with Gasteiger partial charge in [0.1, 0.15) is 6.04 Å². The number of rotatable bonds is 2. The molecule has 0 bridgehead atoms. The minimum Gasteiger partial charge on any atom is -0.480 e. The van der Waals surface area contributed by atoms with E-state index in [9.17, 15) is 4.79 Å². The van der Waals surface area contributed by atoms with Crippen LogP contribution >= 0.6 is 0 Å². The van der Waals surface area contributed by atoms with Gasteiger partial charge in [-0.1, -0.05) is 18.2 Å². The number of piperazine rings is 1. The molecule has 2 N–H and O–H groups in total. The summed E-state index contributed by atoms with van der Waals surface area (Å²) in [5, 5.41) is 12.2. The first-order chi connectivity index (χ1) is 7.29. The number of carboxylic acids is 1. The lowest BCUT2D eigenvalue weighted by molar-refractivity contribution is -0.138. The van der Waals surface area contributed by atoms with Crippen LogP contribution in [-0.2, 0) is 4.79 Å². The van der Waals surface area contributed by atoms with E-state index in [1.54, 1.807) is 0 Å². The van der Waals surface area contributed by atoms with Crippen LogP contribution in [0.5, 0.6) is 0 Å². The summed E-state index contributed by atoms with van der Waals surface area (Å²) in [5.41, 5.74) is 0.978. The molecule has 80 valence electrons. The summed E-state index contributed by atoms with van der Waals surface area (Å²) in [6.07, 6.45) is 0. The third-order valence-electron chi connectivity index (χ3n) is 2.62. The van der Waals surface area contributed by atoms with E-state index in [0.29, 0.717) is 6.54 Å². The summed E-state index contributed by atoms with van der Waals surface area (Å²) in [6, 6.07) is 9.22. The number of hydrogen-bond acceptors (Lipinski definition) is 3. The van der Waals surface area contributed by atoms with Crippen LogP contribution in [0.3, 0.4) is 0 Å². The summed E-state index contributed by atoms with van der Waals surface area (Å²) in [4.78, 5) is 13.0. The van der Waals surface area contributed by atoms with Crippen molar-refractivity contribution in [2.45, 2.75) is 6.04 Å². The van der Waals surface area contributed by atoms with Gasteiger partial charge in [0.05, 0.1) is 0 Å². The molecule has 15 heavy (non-hydrogen) atoms. The van der Waals surface area contributed by atoms with E-state index in [1.807, 2.05) is 35.2 Å². The van der Waals surface area contributed by atoms with Gasteiger partial charge >= 0.3 is 5.97 Å². The van der Waals surface area contributed by atoms with Crippen molar-refractivity contribution in [1.29, 1.82) is 0 Å². The standard InChI is InChI=1S/C11H14N2O2/c14-11(15)10-8-12-6-7-13(10)9-4-2-1-3-5-9/h1-5,10,12H,6-8H2,(H,14,15). The predicted molar refractivity (Wildman–Crippen MR) is 58.1 cm³/mol. The zero-order valence-electron chi connectivity index (χ0n) is 8.39. The molecule has 1 aromatic carbocycles. The summed E-state index contributed by atoms with van der Waals surface area (Å²) in [6.45, 7) is 2.07. The molecule has 1 aliphatic rings. The summed E-state index contributed by atoms with van der Waals surface area (Å²) in [7, 11) is 0. The maximum atomic E-state index is 11.1. The summed E-state index contributed by atoms with van der Waals surface area (Å²) in [5.74, 6) is -0.772. The van der Waals surface area contributed by atoms with Crippen LogP contribution in [0.1, 0.15) is 0 Å². The van der Waals surface area contributed by atoms with Crippen LogP contribution < -0.4 is 10.2 Å². The molecule has 0 aromatic heterocycles. The van der Waals surface area contributed by atoms with Gasteiger partial charge in [-0.05, 0) is 12.1 Å². The van der Waals surface area contributed by atoms with Gasteiger partial charge in [0.25, 0.3) is 0 Å². The summed E-state index contributed by atoms with van der Waals surface area (Å²) < 4.78 is 0. The molecule has 0 aliphatic carbocycles. The van der Waals surface area contributed by atoms with Crippen molar-refractivity contribution < 1.29 is 9.90 Å². The average Bonchev–Trinajstić information content (AvgIpc) is 2.30. The monoisotopic (exact) mass is 206 g/mol. The first kappa shape index (κ1) is 9.98. The first-order valence-electron chi connectivity index (χ1n) is 5.04. The number of benzene rings is 1. The van der Waals surface area contributed by atoms with E-state index in [4.69, 9.17) is 5.11 Å². The number of aliphatic carboxylic acids is 1. The van der Waals surface area contributed by atoms with Crippen molar-refractivity contribution in [3.63, 3.8) is 0 Å². The van der Waals surface area contributed by atoms with E-state index >= 15 is 0 Å². The van der Waals surface area contributed by atoms with Gasteiger partial charge in [-0.25, -0.2) is 4.79 Å². The van der Waals surface area contributed by atoms with Gasteiger partial charge in [-0.2, -0.15) is 0 Å². The molecule has 0 amide bonds. The molecule has 0 spiro atoms. The normalized spacial score (nSPS) is 21.3. The van der Waals surface area contributed by atoms with Crippen LogP contribution in [0.2, 0.25) is 0 Å². The second-order valence-electron chi connectivity index (χ2n) is 3.59. The van der Waals surface area contributed by atoms with Crippen molar-refractivity contribution in [2.75, 3.05) is 24.5 Å². The van der Waals surface area contributed by atoms with Crippen molar-refractivity contribution in [1.82, 2.24) is 5.32 Å². The minimum atomic E-state index is -0.772. The smallest absolute Gasteiger partial charge is 0.327 e. The fourth-order valence-electron chi connectivity index (χ4n) is 1.85. The van der Waals surface area contributed by atoms with Gasteiger partial charge in [-0.15, -0.1) is 0 Å². The zero-order valence-corrected chi connectivity index (χ0v) is 8.39. The molecule has 1 aromatic rings. The molecule has 1 aliphatic heterocycles. The van der Waals surface area contributed by atoms with Crippen molar-refractivity contribution in [2.24, 2.45) is 0 Å². The lowest BCUT2D eigenvalue weighted by Gasteiger charge is -2.35. The minimum absolute atomic E-state index is 0.457. The Morgan fingerprint density at radius 3 is 2.80 bits per heavy atom. The van der Waals surface area contributed by atoms with Gasteiger partial charge in [0.2, 0.25) is 0 Å². The van der Waals surface area contributed by atoms with Crippen molar-refractivity contribution in [3.05, 3.63) is 30.3 Å². The summed E-state index contributed by atoms with van der Waals surface area (Å²) >= 11 is 0. The number of carbonyl (C=O) groups is 1. The van der Waals surface area contributed by atoms with Crippen LogP contribution in [0.25, 0.3) is 0 Å². The Morgan fingerprint density at radius 2 is 2.13 bits per heavy atom. The molecule has 0 radical (unpaired) electrons. The van der Waals surface area contributed by atoms with Crippen LogP contribution in [0.4, 0.5) is 5.69 Å². The molecule has 4 nitrogen and oxygen atoms in total. The highest BCUT2D eigenvalue weighted by molar-refractivity contribution is 5.78. The van der Waals surface area contributed by atoms with Gasteiger partial charge in [0, 0.05) is 25.3 Å². The zero-order chi connectivity index (χ0) is 10.7. The predicted octanol–water partition coefficient (Wildman–Crippen LogP) is 0.549. The molecule has 1 atom stereocenters. The van der Waals surface area contributed by atoms with Gasteiger partial charge < -0.3 is 15.3 Å². The Morgan fingerprint density at radius 1 is 1.40 bits per heavy atom. The molecule has 0 saturated carbocycles. The second-order valence-corrected chi connectivity index (χ2v) is 3.59. The third-order valence-corrected chi connectivity index (χ3v) is 2.62. The quantitative estimate of drug-likeness (QED) is 0.742. The van der Waals surface area contributed by atoms with Crippen LogP contribution in [-0.4, -0.2) is 36.8 Å². The lowest BCUT2D eigenvalue weighted by atomic mass is 10.1. The Bertz CT molecular complexity index is 340. The Hall–Kier alpha value is -1.55. The number of anilines is 1. The number of para-hydroxylation sites is 1. The van der Waals surface area contributed by atoms with E-state index in [2.05, 4.69) is 5.32 Å². The van der Waals surface area contributed by atoms with Gasteiger partial charge in [0.15, 0.2) is 0 Å². The highest BCUT2D eigenvalue weighted by Gasteiger charge is 2.28. The number of nitrogens with zero attached hydrogens (tertiary/aromatic N) is 1. The SMILES string of the molecule is O=C(O)C1CNCCN1c1ccccc1. The Labute approximate surface area is 88.5 Å². The molecule has 1 saturated heterocycles. The first-order valence-corrected chi connectivity index (χ1v) is 5.04. The topological polar surface area (TPSA) is 52.6 Å². The Balaban J connectivity index is 2.22. The molecular formula is C11H14N2O2. The molecular weight excluding hydrogens is 192 g/mol. The fraction of sp³-hybridized carbons (Fsp3) is 0.364. The molecule has 2 rings (SSSR count). The van der Waals surface area contributed by atoms with Crippen LogP contribution in [0.15, 0.2) is 30.3 Å². The van der Waals surface area contributed by atoms with Crippen molar-refractivity contribution in [3.8, 4) is 0 Å². The maximum absolute atomic E-state index is 11.1. The maximum Gasteiger partial charge on any atom is 0.327 e. The van der Waals surface area contributed by atoms with Crippen LogP contribution in [0, 0.1) is 0 Å². The van der Waals surface area contributed by atoms with Gasteiger partial charge in [-0.3, -0.25) is 0 Å². The highest BCUT2D eigenvalue weighted by Crippen LogP contribution is 2.17. The van der Waals surface area contributed by atoms with E-state index in [1.165, 1.54) is 0 Å². The molecule has 1 unspecified atom stereocenters. The molecule has 4 heteroatoms. The Kier molecular flexibility index (Phi) is 2.87. The molecule has 1 fully saturated rings. The fourth-order valence-corrected chi connectivity index (χ4v) is 1.85. The van der Waals surface area contributed by atoms with E-state index < -0.39 is 12.0 Å². The average molecular weight is 206 g/mol. The molecule has 1 heterocycles. The highest BCUT2D eigenvalue weighted by atomic mass is 16.4.